The molecule has 136 valence electrons. The van der Waals surface area contributed by atoms with E-state index in [1.807, 2.05) is 0 Å². The van der Waals surface area contributed by atoms with Gasteiger partial charge in [0.1, 0.15) is 0 Å². The molecular formula is C19H20N2O4S. The lowest BCUT2D eigenvalue weighted by atomic mass is 10.1. The number of carbonyl (C=O) groups excluding carboxylic acids is 2. The minimum Gasteiger partial charge on any atom is -0.323 e. The van der Waals surface area contributed by atoms with E-state index in [0.29, 0.717) is 11.4 Å². The van der Waals surface area contributed by atoms with Crippen LogP contribution in [0.25, 0.3) is 0 Å². The number of amides is 2. The Morgan fingerprint density at radius 1 is 1.04 bits per heavy atom. The molecule has 0 spiro atoms. The Morgan fingerprint density at radius 3 is 2.38 bits per heavy atom. The molecule has 0 atom stereocenters. The third-order valence-corrected chi connectivity index (χ3v) is 4.69. The number of sulfone groups is 1. The van der Waals surface area contributed by atoms with Gasteiger partial charge in [-0.2, -0.15) is 0 Å². The molecule has 6 nitrogen and oxygen atoms in total. The molecule has 0 aliphatic rings. The summed E-state index contributed by atoms with van der Waals surface area (Å²) in [4.78, 5) is 24.1. The summed E-state index contributed by atoms with van der Waals surface area (Å²) >= 11 is 0. The SMILES string of the molecule is CC=CC(=O)Nc1ccc(NC(=O)c2cccc(S(C)(=O)=O)c2)c(C)c1. The van der Waals surface area contributed by atoms with Crippen molar-refractivity contribution in [3.63, 3.8) is 0 Å². The van der Waals surface area contributed by atoms with Gasteiger partial charge in [-0.1, -0.05) is 12.1 Å². The Balaban J connectivity index is 2.18. The Hall–Kier alpha value is -2.93. The van der Waals surface area contributed by atoms with Crippen LogP contribution in [0.15, 0.2) is 59.5 Å². The maximum atomic E-state index is 12.4. The highest BCUT2D eigenvalue weighted by Gasteiger charge is 2.13. The first-order valence-corrected chi connectivity index (χ1v) is 9.75. The Kier molecular flexibility index (Phi) is 5.94. The lowest BCUT2D eigenvalue weighted by Crippen LogP contribution is -2.14. The van der Waals surface area contributed by atoms with Gasteiger partial charge in [0.25, 0.3) is 5.91 Å². The van der Waals surface area contributed by atoms with Crippen molar-refractivity contribution in [1.82, 2.24) is 0 Å². The van der Waals surface area contributed by atoms with Crippen molar-refractivity contribution < 1.29 is 18.0 Å². The smallest absolute Gasteiger partial charge is 0.255 e. The van der Waals surface area contributed by atoms with Crippen LogP contribution < -0.4 is 10.6 Å². The lowest BCUT2D eigenvalue weighted by Gasteiger charge is -2.11. The van der Waals surface area contributed by atoms with E-state index in [4.69, 9.17) is 0 Å². The highest BCUT2D eigenvalue weighted by atomic mass is 32.2. The second-order valence-electron chi connectivity index (χ2n) is 5.77. The predicted molar refractivity (Wildman–Crippen MR) is 102 cm³/mol. The normalized spacial score (nSPS) is 11.3. The van der Waals surface area contributed by atoms with Gasteiger partial charge in [0.2, 0.25) is 5.91 Å². The van der Waals surface area contributed by atoms with Crippen molar-refractivity contribution in [1.29, 1.82) is 0 Å². The Labute approximate surface area is 152 Å². The minimum absolute atomic E-state index is 0.0870. The maximum absolute atomic E-state index is 12.4. The average Bonchev–Trinajstić information content (AvgIpc) is 2.57. The molecule has 0 bridgehead atoms. The number of rotatable bonds is 5. The number of allylic oxidation sites excluding steroid dienone is 1. The van der Waals surface area contributed by atoms with Gasteiger partial charge in [-0.25, -0.2) is 8.42 Å². The van der Waals surface area contributed by atoms with E-state index in [1.165, 1.54) is 24.3 Å². The predicted octanol–water partition coefficient (Wildman–Crippen LogP) is 3.17. The van der Waals surface area contributed by atoms with Crippen molar-refractivity contribution in [3.8, 4) is 0 Å². The Bertz CT molecular complexity index is 979. The fourth-order valence-corrected chi connectivity index (χ4v) is 2.95. The molecule has 2 rings (SSSR count). The van der Waals surface area contributed by atoms with Crippen LogP contribution in [0.3, 0.4) is 0 Å². The van der Waals surface area contributed by atoms with Gasteiger partial charge in [0, 0.05) is 23.2 Å². The first-order chi connectivity index (χ1) is 12.2. The number of hydrogen-bond acceptors (Lipinski definition) is 4. The molecule has 2 N–H and O–H groups in total. The number of nitrogens with one attached hydrogen (secondary N) is 2. The van der Waals surface area contributed by atoms with E-state index in [1.54, 1.807) is 44.2 Å². The molecular weight excluding hydrogens is 352 g/mol. The molecule has 0 fully saturated rings. The van der Waals surface area contributed by atoms with Gasteiger partial charge in [0.15, 0.2) is 9.84 Å². The van der Waals surface area contributed by atoms with E-state index in [2.05, 4.69) is 10.6 Å². The third-order valence-electron chi connectivity index (χ3n) is 3.58. The van der Waals surface area contributed by atoms with E-state index < -0.39 is 15.7 Å². The molecule has 2 amide bonds. The Morgan fingerprint density at radius 2 is 1.77 bits per heavy atom. The molecule has 7 heteroatoms. The van der Waals surface area contributed by atoms with Gasteiger partial charge in [-0.15, -0.1) is 0 Å². The number of carbonyl (C=O) groups is 2. The molecule has 0 aromatic heterocycles. The zero-order valence-corrected chi connectivity index (χ0v) is 15.6. The van der Waals surface area contributed by atoms with Crippen LogP contribution in [-0.2, 0) is 14.6 Å². The molecule has 0 aliphatic carbocycles. The van der Waals surface area contributed by atoms with Crippen molar-refractivity contribution in [3.05, 3.63) is 65.7 Å². The quantitative estimate of drug-likeness (QED) is 0.789. The van der Waals surface area contributed by atoms with E-state index in [0.717, 1.165) is 11.8 Å². The van der Waals surface area contributed by atoms with Crippen LogP contribution in [0.5, 0.6) is 0 Å². The second-order valence-corrected chi connectivity index (χ2v) is 7.79. The fourth-order valence-electron chi connectivity index (χ4n) is 2.28. The summed E-state index contributed by atoms with van der Waals surface area (Å²) in [6.45, 7) is 3.55. The molecule has 0 unspecified atom stereocenters. The van der Waals surface area contributed by atoms with Gasteiger partial charge in [-0.05, 0) is 61.9 Å². The molecule has 2 aromatic rings. The standard InChI is InChI=1S/C19H20N2O4S/c1-4-6-18(22)20-15-9-10-17(13(2)11-15)21-19(23)14-7-5-8-16(12-14)26(3,24)25/h4-12H,1-3H3,(H,20,22)(H,21,23). The van der Waals surface area contributed by atoms with Gasteiger partial charge < -0.3 is 10.6 Å². The van der Waals surface area contributed by atoms with Crippen LogP contribution in [0.4, 0.5) is 11.4 Å². The summed E-state index contributed by atoms with van der Waals surface area (Å²) in [5.74, 6) is -0.648. The third kappa shape index (κ3) is 5.03. The first kappa shape index (κ1) is 19.4. The average molecular weight is 372 g/mol. The fraction of sp³-hybridized carbons (Fsp3) is 0.158. The van der Waals surface area contributed by atoms with Crippen LogP contribution >= 0.6 is 0 Å². The number of hydrogen-bond donors (Lipinski definition) is 2. The first-order valence-electron chi connectivity index (χ1n) is 7.86. The monoisotopic (exact) mass is 372 g/mol. The molecule has 0 saturated carbocycles. The molecule has 26 heavy (non-hydrogen) atoms. The molecule has 0 aliphatic heterocycles. The largest absolute Gasteiger partial charge is 0.323 e. The van der Waals surface area contributed by atoms with E-state index in [-0.39, 0.29) is 16.4 Å². The highest BCUT2D eigenvalue weighted by molar-refractivity contribution is 7.90. The lowest BCUT2D eigenvalue weighted by molar-refractivity contribution is -0.111. The maximum Gasteiger partial charge on any atom is 0.255 e. The van der Waals surface area contributed by atoms with Crippen molar-refractivity contribution in [2.75, 3.05) is 16.9 Å². The summed E-state index contributed by atoms with van der Waals surface area (Å²) in [6, 6.07) is 11.0. The zero-order chi connectivity index (χ0) is 19.3. The van der Waals surface area contributed by atoms with Crippen LogP contribution in [-0.4, -0.2) is 26.5 Å². The molecule has 0 radical (unpaired) electrons. The van der Waals surface area contributed by atoms with Crippen LogP contribution in [0, 0.1) is 6.92 Å². The number of aryl methyl sites for hydroxylation is 1. The molecule has 2 aromatic carbocycles. The summed E-state index contributed by atoms with van der Waals surface area (Å²) in [5.41, 5.74) is 2.19. The van der Waals surface area contributed by atoms with Gasteiger partial charge in [-0.3, -0.25) is 9.59 Å². The summed E-state index contributed by atoms with van der Waals surface area (Å²) in [5, 5.41) is 5.47. The van der Waals surface area contributed by atoms with E-state index >= 15 is 0 Å². The summed E-state index contributed by atoms with van der Waals surface area (Å²) in [7, 11) is -3.39. The van der Waals surface area contributed by atoms with Crippen molar-refractivity contribution in [2.45, 2.75) is 18.7 Å². The second kappa shape index (κ2) is 7.97. The summed E-state index contributed by atoms with van der Waals surface area (Å²) < 4.78 is 23.2. The zero-order valence-electron chi connectivity index (χ0n) is 14.7. The van der Waals surface area contributed by atoms with Crippen molar-refractivity contribution >= 4 is 33.0 Å². The number of benzene rings is 2. The molecule has 0 heterocycles. The van der Waals surface area contributed by atoms with Crippen LogP contribution in [0.2, 0.25) is 0 Å². The van der Waals surface area contributed by atoms with Crippen LogP contribution in [0.1, 0.15) is 22.8 Å². The number of anilines is 2. The van der Waals surface area contributed by atoms with Gasteiger partial charge in [0.05, 0.1) is 4.90 Å². The molecule has 0 saturated heterocycles. The highest BCUT2D eigenvalue weighted by Crippen LogP contribution is 2.21. The minimum atomic E-state index is -3.39. The van der Waals surface area contributed by atoms with E-state index in [9.17, 15) is 18.0 Å². The summed E-state index contributed by atoms with van der Waals surface area (Å²) in [6.07, 6.45) is 4.15. The van der Waals surface area contributed by atoms with Crippen molar-refractivity contribution in [2.24, 2.45) is 0 Å². The van der Waals surface area contributed by atoms with Gasteiger partial charge >= 0.3 is 0 Å². The topological polar surface area (TPSA) is 92.3 Å².